The highest BCUT2D eigenvalue weighted by Crippen LogP contribution is 2.60. The number of benzene rings is 1. The van der Waals surface area contributed by atoms with Gasteiger partial charge in [-0.1, -0.05) is 19.1 Å². The van der Waals surface area contributed by atoms with E-state index in [4.69, 9.17) is 9.05 Å². The summed E-state index contributed by atoms with van der Waals surface area (Å²) in [6.07, 6.45) is 6.21. The minimum absolute atomic E-state index is 0.323. The Hall–Kier alpha value is -0.390. The van der Waals surface area contributed by atoms with E-state index in [1.807, 2.05) is 26.0 Å². The van der Waals surface area contributed by atoms with Gasteiger partial charge >= 0.3 is 6.80 Å². The lowest BCUT2D eigenvalue weighted by atomic mass is 10.2. The van der Waals surface area contributed by atoms with Gasteiger partial charge in [-0.05, 0) is 55.0 Å². The molecule has 1 aromatic carbocycles. The average molecular weight is 362 g/mol. The van der Waals surface area contributed by atoms with E-state index in [0.717, 1.165) is 12.0 Å². The van der Waals surface area contributed by atoms with Crippen molar-refractivity contribution in [1.29, 1.82) is 0 Å². The fourth-order valence-electron chi connectivity index (χ4n) is 1.67. The Kier molecular flexibility index (Phi) is 8.65. The van der Waals surface area contributed by atoms with Crippen LogP contribution in [0.15, 0.2) is 29.2 Å². The van der Waals surface area contributed by atoms with Gasteiger partial charge < -0.3 is 9.08 Å². The average Bonchev–Trinajstić information content (AvgIpc) is 2.47. The molecule has 0 aliphatic heterocycles. The topological polar surface area (TPSA) is 58.6 Å². The second kappa shape index (κ2) is 9.68. The molecule has 0 fully saturated rings. The van der Waals surface area contributed by atoms with Crippen LogP contribution in [0.25, 0.3) is 6.08 Å². The zero-order valence-corrected chi connectivity index (χ0v) is 15.9. The Morgan fingerprint density at radius 3 is 2.68 bits per heavy atom. The molecule has 124 valence electrons. The first-order valence-corrected chi connectivity index (χ1v) is 11.8. The van der Waals surface area contributed by atoms with Crippen LogP contribution in [0.4, 0.5) is 0 Å². The summed E-state index contributed by atoms with van der Waals surface area (Å²) in [5, 5.41) is 0. The Morgan fingerprint density at radius 2 is 2.14 bits per heavy atom. The van der Waals surface area contributed by atoms with E-state index in [1.165, 1.54) is 11.4 Å². The van der Waals surface area contributed by atoms with Crippen LogP contribution in [0.1, 0.15) is 32.8 Å². The predicted molar refractivity (Wildman–Crippen MR) is 96.1 cm³/mol. The number of hydrogen-bond acceptors (Lipinski definition) is 5. The van der Waals surface area contributed by atoms with E-state index in [-0.39, 0.29) is 0 Å². The van der Waals surface area contributed by atoms with Crippen molar-refractivity contribution in [1.82, 2.24) is 0 Å². The lowest BCUT2D eigenvalue weighted by Crippen LogP contribution is -2.00. The second-order valence-corrected chi connectivity index (χ2v) is 9.94. The minimum Gasteiger partial charge on any atom is -0.612 e. The first-order chi connectivity index (χ1) is 10.5. The van der Waals surface area contributed by atoms with Crippen LogP contribution in [0.5, 0.6) is 5.75 Å². The Morgan fingerprint density at radius 1 is 1.41 bits per heavy atom. The van der Waals surface area contributed by atoms with Gasteiger partial charge in [-0.15, -0.1) is 0 Å². The van der Waals surface area contributed by atoms with Crippen molar-refractivity contribution in [3.05, 3.63) is 29.8 Å². The normalized spacial score (nSPS) is 15.7. The summed E-state index contributed by atoms with van der Waals surface area (Å²) in [6, 6.07) is 5.20. The SMILES string of the molecule is CC=Cc1cc([S+](C)[O-])ccc1OP(=O)(OCC)SCCC. The molecule has 0 spiro atoms. The fraction of sp³-hybridized carbons (Fsp3) is 0.467. The molecule has 2 atom stereocenters. The fourth-order valence-corrected chi connectivity index (χ4v) is 5.69. The van der Waals surface area contributed by atoms with Crippen molar-refractivity contribution >= 4 is 35.4 Å². The standard InChI is InChI=1S/C15H23O4PS2/c1-5-8-13-12-14(22(4)17)9-10-15(13)19-20(16,18-7-3)21-11-6-2/h5,8-10,12H,6-7,11H2,1-4H3. The molecular weight excluding hydrogens is 339 g/mol. The van der Waals surface area contributed by atoms with Gasteiger partial charge in [0, 0.05) is 17.4 Å². The van der Waals surface area contributed by atoms with Gasteiger partial charge in [0.1, 0.15) is 12.0 Å². The zero-order chi connectivity index (χ0) is 16.6. The van der Waals surface area contributed by atoms with Gasteiger partial charge in [0.05, 0.1) is 6.61 Å². The monoisotopic (exact) mass is 362 g/mol. The van der Waals surface area contributed by atoms with E-state index in [9.17, 15) is 9.12 Å². The van der Waals surface area contributed by atoms with E-state index in [2.05, 4.69) is 0 Å². The van der Waals surface area contributed by atoms with E-state index >= 15 is 0 Å². The molecule has 0 bridgehead atoms. The van der Waals surface area contributed by atoms with Crippen LogP contribution in [0.2, 0.25) is 0 Å². The molecule has 22 heavy (non-hydrogen) atoms. The van der Waals surface area contributed by atoms with Crippen molar-refractivity contribution in [2.45, 2.75) is 32.1 Å². The summed E-state index contributed by atoms with van der Waals surface area (Å²) in [4.78, 5) is 0.702. The van der Waals surface area contributed by atoms with Gasteiger partial charge in [-0.25, -0.2) is 4.57 Å². The molecule has 0 aliphatic rings. The largest absolute Gasteiger partial charge is 0.612 e. The molecule has 2 unspecified atom stereocenters. The Labute approximate surface area is 140 Å². The highest BCUT2D eigenvalue weighted by molar-refractivity contribution is 8.55. The molecule has 7 heteroatoms. The van der Waals surface area contributed by atoms with Gasteiger partial charge in [-0.3, -0.25) is 4.52 Å². The summed E-state index contributed by atoms with van der Waals surface area (Å²) in [7, 11) is 0. The van der Waals surface area contributed by atoms with E-state index in [1.54, 1.807) is 31.4 Å². The van der Waals surface area contributed by atoms with Gasteiger partial charge in [0.15, 0.2) is 4.90 Å². The molecule has 1 rings (SSSR count). The first kappa shape index (κ1) is 19.7. The summed E-state index contributed by atoms with van der Waals surface area (Å²) in [6.45, 7) is 2.77. The molecule has 0 radical (unpaired) electrons. The molecule has 0 heterocycles. The number of allylic oxidation sites excluding steroid dienone is 1. The van der Waals surface area contributed by atoms with E-state index < -0.39 is 18.0 Å². The summed E-state index contributed by atoms with van der Waals surface area (Å²) < 4.78 is 35.4. The maximum atomic E-state index is 12.8. The van der Waals surface area contributed by atoms with Gasteiger partial charge in [-0.2, -0.15) is 0 Å². The van der Waals surface area contributed by atoms with Crippen LogP contribution in [0.3, 0.4) is 0 Å². The third-order valence-electron chi connectivity index (χ3n) is 2.61. The maximum Gasteiger partial charge on any atom is 0.440 e. The van der Waals surface area contributed by atoms with Crippen molar-refractivity contribution in [3.63, 3.8) is 0 Å². The van der Waals surface area contributed by atoms with Crippen LogP contribution >= 0.6 is 18.2 Å². The quantitative estimate of drug-likeness (QED) is 0.450. The summed E-state index contributed by atoms with van der Waals surface area (Å²) in [5.41, 5.74) is 0.743. The molecule has 0 N–H and O–H groups in total. The summed E-state index contributed by atoms with van der Waals surface area (Å²) in [5.74, 6) is 1.18. The third kappa shape index (κ3) is 6.01. The molecule has 0 saturated heterocycles. The second-order valence-electron chi connectivity index (χ2n) is 4.44. The van der Waals surface area contributed by atoms with Crippen LogP contribution in [-0.4, -0.2) is 23.2 Å². The highest BCUT2D eigenvalue weighted by atomic mass is 32.7. The summed E-state index contributed by atoms with van der Waals surface area (Å²) >= 11 is 0.130. The van der Waals surface area contributed by atoms with Gasteiger partial charge in [0.25, 0.3) is 0 Å². The van der Waals surface area contributed by atoms with Crippen LogP contribution in [-0.2, 0) is 20.3 Å². The van der Waals surface area contributed by atoms with E-state index in [0.29, 0.717) is 23.0 Å². The smallest absolute Gasteiger partial charge is 0.440 e. The highest BCUT2D eigenvalue weighted by Gasteiger charge is 2.27. The zero-order valence-electron chi connectivity index (χ0n) is 13.4. The van der Waals surface area contributed by atoms with Crippen molar-refractivity contribution < 1.29 is 18.2 Å². The molecule has 0 aromatic heterocycles. The van der Waals surface area contributed by atoms with Gasteiger partial charge in [0.2, 0.25) is 0 Å². The van der Waals surface area contributed by atoms with Crippen LogP contribution < -0.4 is 4.52 Å². The van der Waals surface area contributed by atoms with Crippen molar-refractivity contribution in [3.8, 4) is 5.75 Å². The first-order valence-electron chi connectivity index (χ1n) is 7.14. The number of hydrogen-bond donors (Lipinski definition) is 0. The van der Waals surface area contributed by atoms with Crippen molar-refractivity contribution in [2.75, 3.05) is 18.6 Å². The molecule has 1 aromatic rings. The third-order valence-corrected chi connectivity index (χ3v) is 7.47. The minimum atomic E-state index is -3.24. The molecule has 0 amide bonds. The molecular formula is C15H23O4PS2. The molecule has 4 nitrogen and oxygen atoms in total. The molecule has 0 saturated carbocycles. The molecule has 0 aliphatic carbocycles. The lowest BCUT2D eigenvalue weighted by molar-refractivity contribution is 0.296. The van der Waals surface area contributed by atoms with Crippen LogP contribution in [0, 0.1) is 0 Å². The van der Waals surface area contributed by atoms with Crippen molar-refractivity contribution in [2.24, 2.45) is 0 Å². The maximum absolute atomic E-state index is 12.8. The number of rotatable bonds is 9. The Bertz CT molecular complexity index is 546. The Balaban J connectivity index is 3.10. The predicted octanol–water partition coefficient (Wildman–Crippen LogP) is 5.12. The lowest BCUT2D eigenvalue weighted by Gasteiger charge is -2.19.